The minimum atomic E-state index is -0.689. The van der Waals surface area contributed by atoms with Gasteiger partial charge in [0.15, 0.2) is 12.1 Å². The number of aldehydes is 1. The smallest absolute Gasteiger partial charge is 0.153 e. The van der Waals surface area contributed by atoms with Crippen LogP contribution in [0, 0.1) is 17.7 Å². The summed E-state index contributed by atoms with van der Waals surface area (Å²) in [6.07, 6.45) is 1.30. The van der Waals surface area contributed by atoms with E-state index in [4.69, 9.17) is 5.53 Å². The molecule has 0 amide bonds. The second-order valence-electron chi connectivity index (χ2n) is 2.40. The molecule has 0 spiro atoms. The number of hydrogen-bond donors (Lipinski definition) is 0. The van der Waals surface area contributed by atoms with Crippen molar-refractivity contribution in [2.75, 3.05) is 6.54 Å². The minimum absolute atomic E-state index is 0.00593. The highest BCUT2D eigenvalue weighted by atomic mass is 19.1. The Balaban J connectivity index is 2.90. The SMILES string of the molecule is [N-]=[N+]=NCC#Cc1cc(C=O)c(F)cn1. The number of carbonyl (C=O) groups is 1. The number of rotatable bonds is 2. The van der Waals surface area contributed by atoms with Crippen molar-refractivity contribution in [3.05, 3.63) is 39.8 Å². The summed E-state index contributed by atoms with van der Waals surface area (Å²) >= 11 is 0. The maximum Gasteiger partial charge on any atom is 0.153 e. The summed E-state index contributed by atoms with van der Waals surface area (Å²) in [5.74, 6) is 4.34. The van der Waals surface area contributed by atoms with Gasteiger partial charge in [0, 0.05) is 4.91 Å². The van der Waals surface area contributed by atoms with Crippen LogP contribution in [0.25, 0.3) is 10.4 Å². The fourth-order valence-corrected chi connectivity index (χ4v) is 0.810. The second kappa shape index (κ2) is 5.37. The van der Waals surface area contributed by atoms with Crippen molar-refractivity contribution >= 4 is 6.29 Å². The molecule has 0 N–H and O–H groups in total. The van der Waals surface area contributed by atoms with Gasteiger partial charge in [-0.15, -0.1) is 0 Å². The van der Waals surface area contributed by atoms with Crippen LogP contribution in [-0.4, -0.2) is 17.8 Å². The first-order valence-electron chi connectivity index (χ1n) is 3.88. The zero-order valence-corrected chi connectivity index (χ0v) is 7.51. The summed E-state index contributed by atoms with van der Waals surface area (Å²) in [5, 5.41) is 3.18. The molecule has 1 heterocycles. The Hall–Kier alpha value is -2.38. The van der Waals surface area contributed by atoms with Crippen molar-refractivity contribution in [3.8, 4) is 11.8 Å². The molecule has 1 rings (SSSR count). The molecular weight excluding hydrogens is 199 g/mol. The third kappa shape index (κ3) is 3.10. The van der Waals surface area contributed by atoms with Crippen LogP contribution in [0.5, 0.6) is 0 Å². The van der Waals surface area contributed by atoms with Gasteiger partial charge in [0.1, 0.15) is 5.69 Å². The van der Waals surface area contributed by atoms with Crippen LogP contribution in [0.4, 0.5) is 4.39 Å². The van der Waals surface area contributed by atoms with Gasteiger partial charge in [-0.25, -0.2) is 9.37 Å². The molecule has 15 heavy (non-hydrogen) atoms. The molecule has 0 bridgehead atoms. The van der Waals surface area contributed by atoms with Crippen LogP contribution in [0.2, 0.25) is 0 Å². The maximum absolute atomic E-state index is 12.8. The Morgan fingerprint density at radius 2 is 2.53 bits per heavy atom. The van der Waals surface area contributed by atoms with Crippen molar-refractivity contribution in [2.45, 2.75) is 0 Å². The second-order valence-corrected chi connectivity index (χ2v) is 2.40. The van der Waals surface area contributed by atoms with Crippen LogP contribution in [0.3, 0.4) is 0 Å². The Bertz CT molecular complexity index is 483. The first kappa shape index (κ1) is 10.7. The quantitative estimate of drug-likeness (QED) is 0.241. The number of pyridine rings is 1. The van der Waals surface area contributed by atoms with E-state index in [2.05, 4.69) is 26.9 Å². The van der Waals surface area contributed by atoms with Crippen LogP contribution in [-0.2, 0) is 0 Å². The molecule has 0 atom stereocenters. The van der Waals surface area contributed by atoms with Crippen molar-refractivity contribution in [2.24, 2.45) is 5.11 Å². The lowest BCUT2D eigenvalue weighted by molar-refractivity contribution is 0.111. The molecule has 0 radical (unpaired) electrons. The van der Waals surface area contributed by atoms with E-state index in [0.717, 1.165) is 6.20 Å². The lowest BCUT2D eigenvalue weighted by Gasteiger charge is -1.93. The molecule has 6 heteroatoms. The summed E-state index contributed by atoms with van der Waals surface area (Å²) in [5.41, 5.74) is 8.12. The molecule has 0 unspecified atom stereocenters. The predicted molar refractivity (Wildman–Crippen MR) is 50.5 cm³/mol. The van der Waals surface area contributed by atoms with Crippen molar-refractivity contribution in [3.63, 3.8) is 0 Å². The molecule has 0 saturated carbocycles. The average Bonchev–Trinajstić information content (AvgIpc) is 2.26. The molecular formula is C9H5FN4O. The standard InChI is InChI=1S/C9H5FN4O/c10-9-5-12-8(4-7(9)6-15)2-1-3-13-14-11/h4-6H,3H2. The van der Waals surface area contributed by atoms with Crippen LogP contribution < -0.4 is 0 Å². The van der Waals surface area contributed by atoms with E-state index >= 15 is 0 Å². The number of carbonyl (C=O) groups excluding carboxylic acids is 1. The van der Waals surface area contributed by atoms with Gasteiger partial charge in [-0.05, 0) is 17.5 Å². The molecule has 1 aromatic heterocycles. The monoisotopic (exact) mass is 204 g/mol. The third-order valence-corrected chi connectivity index (χ3v) is 1.44. The normalized spacial score (nSPS) is 8.33. The topological polar surface area (TPSA) is 78.7 Å². The molecule has 0 saturated heterocycles. The fraction of sp³-hybridized carbons (Fsp3) is 0.111. The van der Waals surface area contributed by atoms with Crippen LogP contribution >= 0.6 is 0 Å². The van der Waals surface area contributed by atoms with Gasteiger partial charge in [-0.2, -0.15) is 0 Å². The molecule has 0 aromatic carbocycles. The van der Waals surface area contributed by atoms with Gasteiger partial charge in [0.05, 0.1) is 18.3 Å². The Kier molecular flexibility index (Phi) is 3.83. The van der Waals surface area contributed by atoms with Gasteiger partial charge in [-0.3, -0.25) is 4.79 Å². The molecule has 0 fully saturated rings. The zero-order chi connectivity index (χ0) is 11.1. The van der Waals surface area contributed by atoms with Gasteiger partial charge >= 0.3 is 0 Å². The van der Waals surface area contributed by atoms with Crippen molar-refractivity contribution in [1.29, 1.82) is 0 Å². The number of nitrogens with zero attached hydrogens (tertiary/aromatic N) is 4. The minimum Gasteiger partial charge on any atom is -0.298 e. The van der Waals surface area contributed by atoms with Gasteiger partial charge in [-0.1, -0.05) is 11.0 Å². The largest absolute Gasteiger partial charge is 0.298 e. The fourth-order valence-electron chi connectivity index (χ4n) is 0.810. The summed E-state index contributed by atoms with van der Waals surface area (Å²) in [7, 11) is 0. The van der Waals surface area contributed by atoms with E-state index in [1.807, 2.05) is 0 Å². The molecule has 74 valence electrons. The Morgan fingerprint density at radius 3 is 3.20 bits per heavy atom. The van der Waals surface area contributed by atoms with Gasteiger partial charge in [0.2, 0.25) is 0 Å². The molecule has 5 nitrogen and oxygen atoms in total. The summed E-state index contributed by atoms with van der Waals surface area (Å²) < 4.78 is 12.8. The predicted octanol–water partition coefficient (Wildman–Crippen LogP) is 1.69. The van der Waals surface area contributed by atoms with E-state index in [1.165, 1.54) is 6.07 Å². The summed E-state index contributed by atoms with van der Waals surface area (Å²) in [6, 6.07) is 1.23. The highest BCUT2D eigenvalue weighted by molar-refractivity contribution is 5.75. The zero-order valence-electron chi connectivity index (χ0n) is 7.51. The van der Waals surface area contributed by atoms with E-state index < -0.39 is 5.82 Å². The number of halogens is 1. The Labute approximate surface area is 84.6 Å². The Morgan fingerprint density at radius 1 is 1.73 bits per heavy atom. The van der Waals surface area contributed by atoms with Crippen LogP contribution in [0.1, 0.15) is 16.1 Å². The lowest BCUT2D eigenvalue weighted by Crippen LogP contribution is -1.92. The first-order chi connectivity index (χ1) is 7.27. The van der Waals surface area contributed by atoms with Gasteiger partial charge < -0.3 is 0 Å². The van der Waals surface area contributed by atoms with Crippen molar-refractivity contribution in [1.82, 2.24) is 4.98 Å². The number of hydrogen-bond acceptors (Lipinski definition) is 3. The average molecular weight is 204 g/mol. The highest BCUT2D eigenvalue weighted by Crippen LogP contribution is 2.03. The van der Waals surface area contributed by atoms with E-state index in [0.29, 0.717) is 6.29 Å². The van der Waals surface area contributed by atoms with E-state index in [9.17, 15) is 9.18 Å². The molecule has 0 aliphatic carbocycles. The maximum atomic E-state index is 12.8. The first-order valence-corrected chi connectivity index (χ1v) is 3.88. The third-order valence-electron chi connectivity index (χ3n) is 1.44. The number of aromatic nitrogens is 1. The van der Waals surface area contributed by atoms with E-state index in [1.54, 1.807) is 0 Å². The number of azide groups is 1. The summed E-state index contributed by atoms with van der Waals surface area (Å²) in [6.45, 7) is 0.00593. The van der Waals surface area contributed by atoms with Crippen molar-refractivity contribution < 1.29 is 9.18 Å². The van der Waals surface area contributed by atoms with E-state index in [-0.39, 0.29) is 17.8 Å². The van der Waals surface area contributed by atoms with Crippen LogP contribution in [0.15, 0.2) is 17.4 Å². The molecule has 0 aliphatic heterocycles. The van der Waals surface area contributed by atoms with Gasteiger partial charge in [0.25, 0.3) is 0 Å². The highest BCUT2D eigenvalue weighted by Gasteiger charge is 2.01. The molecule has 0 aliphatic rings. The molecule has 1 aromatic rings. The summed E-state index contributed by atoms with van der Waals surface area (Å²) in [4.78, 5) is 16.5. The lowest BCUT2D eigenvalue weighted by atomic mass is 10.2.